The zero-order valence-electron chi connectivity index (χ0n) is 22.3. The van der Waals surface area contributed by atoms with E-state index >= 15 is 0 Å². The van der Waals surface area contributed by atoms with Crippen LogP contribution in [0.3, 0.4) is 0 Å². The van der Waals surface area contributed by atoms with Gasteiger partial charge in [0.15, 0.2) is 0 Å². The molecule has 1 aliphatic rings. The van der Waals surface area contributed by atoms with E-state index < -0.39 is 39.1 Å². The molecule has 0 atom stereocenters. The number of esters is 1. The lowest BCUT2D eigenvalue weighted by Crippen LogP contribution is -2.39. The third-order valence-corrected chi connectivity index (χ3v) is 8.14. The van der Waals surface area contributed by atoms with Gasteiger partial charge in [0.1, 0.15) is 17.8 Å². The summed E-state index contributed by atoms with van der Waals surface area (Å²) in [5, 5.41) is 14.1. The Morgan fingerprint density at radius 3 is 2.37 bits per heavy atom. The average Bonchev–Trinajstić information content (AvgIpc) is 3.29. The zero-order chi connectivity index (χ0) is 30.1. The fourth-order valence-corrected chi connectivity index (χ4v) is 6.41. The van der Waals surface area contributed by atoms with E-state index in [1.807, 2.05) is 0 Å². The van der Waals surface area contributed by atoms with E-state index in [2.05, 4.69) is 5.32 Å². The van der Waals surface area contributed by atoms with Gasteiger partial charge in [-0.15, -0.1) is 0 Å². The number of ether oxygens (including phenoxy) is 1. The minimum absolute atomic E-state index is 0.0439. The van der Waals surface area contributed by atoms with Gasteiger partial charge in [0.05, 0.1) is 15.5 Å². The van der Waals surface area contributed by atoms with E-state index in [1.54, 1.807) is 39.0 Å². The molecule has 0 spiro atoms. The molecule has 2 amide bonds. The predicted molar refractivity (Wildman–Crippen MR) is 156 cm³/mol. The Morgan fingerprint density at radius 1 is 1.07 bits per heavy atom. The molecule has 41 heavy (non-hydrogen) atoms. The molecule has 3 aromatic rings. The number of nitrogens with one attached hydrogen (secondary N) is 1. The molecule has 1 N–H and O–H groups in total. The van der Waals surface area contributed by atoms with Gasteiger partial charge in [-0.3, -0.25) is 24.1 Å². The van der Waals surface area contributed by atoms with Crippen molar-refractivity contribution in [3.8, 4) is 0 Å². The first kappa shape index (κ1) is 30.1. The SMILES string of the molecule is CC(C)(C)OC(=O)CN(c1ccc2c(c1)CCN2C(=O)Nc1ccccc1[N+](=O)[O-])S(=O)(=O)c1cc(Cl)cc(Cl)c1. The minimum Gasteiger partial charge on any atom is -0.459 e. The van der Waals surface area contributed by atoms with E-state index in [4.69, 9.17) is 27.9 Å². The molecule has 0 bridgehead atoms. The van der Waals surface area contributed by atoms with Gasteiger partial charge in [0.25, 0.3) is 15.7 Å². The van der Waals surface area contributed by atoms with Gasteiger partial charge < -0.3 is 10.1 Å². The molecule has 1 aliphatic heterocycles. The molecule has 0 aromatic heterocycles. The van der Waals surface area contributed by atoms with Gasteiger partial charge in [-0.05, 0) is 75.2 Å². The Bertz CT molecular complexity index is 1620. The Kier molecular flexibility index (Phi) is 8.48. The lowest BCUT2D eigenvalue weighted by molar-refractivity contribution is -0.383. The summed E-state index contributed by atoms with van der Waals surface area (Å²) in [6, 6.07) is 13.6. The Morgan fingerprint density at radius 2 is 1.73 bits per heavy atom. The second kappa shape index (κ2) is 11.6. The second-order valence-electron chi connectivity index (χ2n) is 10.1. The first-order chi connectivity index (χ1) is 19.2. The zero-order valence-corrected chi connectivity index (χ0v) is 24.6. The Hall–Kier alpha value is -3.87. The van der Waals surface area contributed by atoms with Crippen LogP contribution in [0.25, 0.3) is 0 Å². The van der Waals surface area contributed by atoms with E-state index in [0.717, 1.165) is 4.31 Å². The van der Waals surface area contributed by atoms with Crippen LogP contribution in [-0.4, -0.2) is 44.0 Å². The van der Waals surface area contributed by atoms with E-state index in [-0.39, 0.29) is 38.5 Å². The number of carbonyl (C=O) groups is 2. The molecular weight excluding hydrogens is 595 g/mol. The third-order valence-electron chi connectivity index (χ3n) is 5.95. The van der Waals surface area contributed by atoms with Gasteiger partial charge in [0, 0.05) is 28.3 Å². The summed E-state index contributed by atoms with van der Waals surface area (Å²) >= 11 is 12.1. The standard InChI is InChI=1S/C27H26Cl2N4O7S/c1-27(2,3)40-25(34)16-32(41(38,39)21-14-18(28)13-19(29)15-21)20-8-9-23-17(12-20)10-11-31(23)26(35)30-22-6-4-5-7-24(22)33(36)37/h4-9,12-15H,10-11,16H2,1-3H3,(H,30,35). The minimum atomic E-state index is -4.34. The lowest BCUT2D eigenvalue weighted by atomic mass is 10.1. The topological polar surface area (TPSA) is 139 Å². The number of anilines is 3. The number of rotatable bonds is 7. The highest BCUT2D eigenvalue weighted by molar-refractivity contribution is 7.92. The highest BCUT2D eigenvalue weighted by Crippen LogP contribution is 2.35. The van der Waals surface area contributed by atoms with Crippen LogP contribution in [0, 0.1) is 10.1 Å². The average molecular weight is 621 g/mol. The Labute approximate surface area is 246 Å². The van der Waals surface area contributed by atoms with Crippen LogP contribution in [0.1, 0.15) is 26.3 Å². The highest BCUT2D eigenvalue weighted by atomic mass is 35.5. The van der Waals surface area contributed by atoms with Crippen LogP contribution < -0.4 is 14.5 Å². The van der Waals surface area contributed by atoms with Gasteiger partial charge in [-0.25, -0.2) is 13.2 Å². The molecule has 3 aromatic carbocycles. The van der Waals surface area contributed by atoms with Crippen LogP contribution in [-0.2, 0) is 26.0 Å². The molecule has 0 radical (unpaired) electrons. The number of urea groups is 1. The molecule has 1 heterocycles. The third kappa shape index (κ3) is 6.89. The molecule has 0 saturated carbocycles. The number of nitro benzene ring substituents is 1. The predicted octanol–water partition coefficient (Wildman–Crippen LogP) is 6.03. The van der Waals surface area contributed by atoms with Crippen molar-refractivity contribution in [2.75, 3.05) is 27.6 Å². The van der Waals surface area contributed by atoms with Crippen LogP contribution >= 0.6 is 23.2 Å². The van der Waals surface area contributed by atoms with E-state index in [0.29, 0.717) is 17.7 Å². The molecule has 216 valence electrons. The summed E-state index contributed by atoms with van der Waals surface area (Å²) in [7, 11) is -4.34. The summed E-state index contributed by atoms with van der Waals surface area (Å²) < 4.78 is 33.8. The van der Waals surface area contributed by atoms with Crippen LogP contribution in [0.4, 0.5) is 27.5 Å². The number of para-hydroxylation sites is 2. The summed E-state index contributed by atoms with van der Waals surface area (Å²) in [4.78, 5) is 37.8. The van der Waals surface area contributed by atoms with Crippen LogP contribution in [0.2, 0.25) is 10.0 Å². The molecule has 14 heteroatoms. The smallest absolute Gasteiger partial charge is 0.327 e. The molecule has 4 rings (SSSR count). The number of halogens is 2. The van der Waals surface area contributed by atoms with Crippen molar-refractivity contribution in [3.63, 3.8) is 0 Å². The summed E-state index contributed by atoms with van der Waals surface area (Å²) in [6.07, 6.45) is 0.372. The fourth-order valence-electron chi connectivity index (χ4n) is 4.29. The number of fused-ring (bicyclic) bond motifs is 1. The number of hydrogen-bond acceptors (Lipinski definition) is 7. The van der Waals surface area contributed by atoms with Gasteiger partial charge in [0.2, 0.25) is 0 Å². The molecular formula is C27H26Cl2N4O7S. The summed E-state index contributed by atoms with van der Waals surface area (Å²) in [6.45, 7) is 4.61. The van der Waals surface area contributed by atoms with Crippen molar-refractivity contribution in [2.24, 2.45) is 0 Å². The maximum Gasteiger partial charge on any atom is 0.327 e. The first-order valence-corrected chi connectivity index (χ1v) is 14.5. The monoisotopic (exact) mass is 620 g/mol. The highest BCUT2D eigenvalue weighted by Gasteiger charge is 2.32. The lowest BCUT2D eigenvalue weighted by Gasteiger charge is -2.27. The van der Waals surface area contributed by atoms with E-state index in [9.17, 15) is 28.1 Å². The summed E-state index contributed by atoms with van der Waals surface area (Å²) in [5.74, 6) is -0.778. The molecule has 0 saturated heterocycles. The number of sulfonamides is 1. The molecule has 0 aliphatic carbocycles. The number of benzene rings is 3. The molecule has 0 unspecified atom stereocenters. The van der Waals surface area contributed by atoms with Gasteiger partial charge in [-0.2, -0.15) is 0 Å². The van der Waals surface area contributed by atoms with Crippen molar-refractivity contribution >= 4 is 68.0 Å². The number of hydrogen-bond donors (Lipinski definition) is 1. The second-order valence-corrected chi connectivity index (χ2v) is 12.9. The number of amides is 2. The van der Waals surface area contributed by atoms with Crippen molar-refractivity contribution in [1.29, 1.82) is 0 Å². The van der Waals surface area contributed by atoms with Gasteiger partial charge >= 0.3 is 12.0 Å². The van der Waals surface area contributed by atoms with Crippen LogP contribution in [0.15, 0.2) is 65.6 Å². The van der Waals surface area contributed by atoms with Crippen molar-refractivity contribution in [2.45, 2.75) is 37.7 Å². The van der Waals surface area contributed by atoms with Crippen molar-refractivity contribution in [3.05, 3.63) is 86.4 Å². The number of nitrogens with zero attached hydrogens (tertiary/aromatic N) is 3. The molecule has 11 nitrogen and oxygen atoms in total. The quantitative estimate of drug-likeness (QED) is 0.193. The first-order valence-electron chi connectivity index (χ1n) is 12.3. The van der Waals surface area contributed by atoms with Gasteiger partial charge in [-0.1, -0.05) is 35.3 Å². The van der Waals surface area contributed by atoms with E-state index in [1.165, 1.54) is 47.4 Å². The maximum atomic E-state index is 13.8. The normalized spacial score (nSPS) is 13.0. The van der Waals surface area contributed by atoms with Crippen LogP contribution in [0.5, 0.6) is 0 Å². The summed E-state index contributed by atoms with van der Waals surface area (Å²) in [5.41, 5.74) is 0.221. The number of carbonyl (C=O) groups excluding carboxylic acids is 2. The maximum absolute atomic E-state index is 13.8. The van der Waals surface area contributed by atoms with Crippen molar-refractivity contribution < 1.29 is 27.7 Å². The fraction of sp³-hybridized carbons (Fsp3) is 0.259. The Balaban J connectivity index is 1.68. The number of nitro groups is 1. The van der Waals surface area contributed by atoms with Crippen molar-refractivity contribution in [1.82, 2.24) is 0 Å². The largest absolute Gasteiger partial charge is 0.459 e. The molecule has 0 fully saturated rings.